The molecule has 0 aliphatic carbocycles. The van der Waals surface area contributed by atoms with Crippen LogP contribution in [0.15, 0.2) is 54.0 Å². The Morgan fingerprint density at radius 1 is 1.19 bits per heavy atom. The number of hydrogen-bond acceptors (Lipinski definition) is 5. The molecule has 4 nitrogen and oxygen atoms in total. The van der Waals surface area contributed by atoms with Gasteiger partial charge in [-0.05, 0) is 50.6 Å². The molecule has 3 rings (SSSR count). The molecule has 0 aliphatic rings. The minimum atomic E-state index is 0.0246. The first-order valence-corrected chi connectivity index (χ1v) is 9.37. The molecule has 0 bridgehead atoms. The van der Waals surface area contributed by atoms with Gasteiger partial charge < -0.3 is 5.32 Å². The topological polar surface area (TPSA) is 65.8 Å². The summed E-state index contributed by atoms with van der Waals surface area (Å²) >= 11 is 1.44. The summed E-state index contributed by atoms with van der Waals surface area (Å²) in [5.41, 5.74) is 6.25. The van der Waals surface area contributed by atoms with Crippen molar-refractivity contribution in [2.75, 3.05) is 5.32 Å². The minimum absolute atomic E-state index is 0.0246. The van der Waals surface area contributed by atoms with E-state index in [2.05, 4.69) is 48.4 Å². The van der Waals surface area contributed by atoms with Crippen LogP contribution >= 0.6 is 11.3 Å². The van der Waals surface area contributed by atoms with Gasteiger partial charge in [-0.25, -0.2) is 4.98 Å². The van der Waals surface area contributed by atoms with Gasteiger partial charge in [-0.3, -0.25) is 4.79 Å². The minimum Gasteiger partial charge on any atom is -0.360 e. The zero-order valence-corrected chi connectivity index (χ0v) is 16.2. The number of nitriles is 1. The van der Waals surface area contributed by atoms with Crippen LogP contribution < -0.4 is 5.32 Å². The largest absolute Gasteiger partial charge is 0.360 e. The van der Waals surface area contributed by atoms with Crippen molar-refractivity contribution in [3.05, 3.63) is 75.7 Å². The Bertz CT molecular complexity index is 1060. The lowest BCUT2D eigenvalue weighted by molar-refractivity contribution is 0.101. The Morgan fingerprint density at radius 2 is 1.93 bits per heavy atom. The summed E-state index contributed by atoms with van der Waals surface area (Å²) in [6.07, 6.45) is 1.65. The predicted octanol–water partition coefficient (Wildman–Crippen LogP) is 5.61. The molecular weight excluding hydrogens is 354 g/mol. The molecule has 0 saturated heterocycles. The van der Waals surface area contributed by atoms with Crippen LogP contribution in [-0.4, -0.2) is 10.8 Å². The summed E-state index contributed by atoms with van der Waals surface area (Å²) in [7, 11) is 0. The van der Waals surface area contributed by atoms with Crippen LogP contribution in [0, 0.1) is 25.2 Å². The van der Waals surface area contributed by atoms with Crippen LogP contribution in [-0.2, 0) is 0 Å². The van der Waals surface area contributed by atoms with Gasteiger partial charge in [0.15, 0.2) is 5.78 Å². The van der Waals surface area contributed by atoms with Crippen LogP contribution in [0.1, 0.15) is 33.4 Å². The molecule has 1 aromatic heterocycles. The molecule has 1 N–H and O–H groups in total. The van der Waals surface area contributed by atoms with Gasteiger partial charge in [0, 0.05) is 28.4 Å². The highest BCUT2D eigenvalue weighted by atomic mass is 32.1. The van der Waals surface area contributed by atoms with Crippen molar-refractivity contribution in [3.63, 3.8) is 0 Å². The van der Waals surface area contributed by atoms with Crippen molar-refractivity contribution in [2.24, 2.45) is 0 Å². The number of benzene rings is 2. The maximum Gasteiger partial charge on any atom is 0.159 e. The molecule has 0 aliphatic heterocycles. The number of anilines is 1. The monoisotopic (exact) mass is 373 g/mol. The first-order valence-electron chi connectivity index (χ1n) is 8.49. The standard InChI is InChI=1S/C22H19N3OS/c1-14-4-9-20(15(2)10-14)21-13-27-22(25-21)18(11-23)12-24-19-7-5-17(6-8-19)16(3)26/h4-10,12-13,24H,1-3H3/b18-12+. The maximum absolute atomic E-state index is 11.3. The average Bonchev–Trinajstić information content (AvgIpc) is 3.12. The third-order valence-electron chi connectivity index (χ3n) is 4.19. The number of hydrogen-bond donors (Lipinski definition) is 1. The van der Waals surface area contributed by atoms with Crippen molar-refractivity contribution in [1.82, 2.24) is 4.98 Å². The number of aryl methyl sites for hydroxylation is 2. The van der Waals surface area contributed by atoms with E-state index in [9.17, 15) is 10.1 Å². The van der Waals surface area contributed by atoms with E-state index >= 15 is 0 Å². The third kappa shape index (κ3) is 4.30. The fourth-order valence-corrected chi connectivity index (χ4v) is 3.51. The first-order chi connectivity index (χ1) is 13.0. The van der Waals surface area contributed by atoms with Gasteiger partial charge in [-0.2, -0.15) is 5.26 Å². The summed E-state index contributed by atoms with van der Waals surface area (Å²) in [5, 5.41) is 15.2. The Balaban J connectivity index is 1.81. The molecule has 0 amide bonds. The molecule has 5 heteroatoms. The van der Waals surface area contributed by atoms with Crippen molar-refractivity contribution < 1.29 is 4.79 Å². The second-order valence-electron chi connectivity index (χ2n) is 6.30. The number of carbonyl (C=O) groups is 1. The summed E-state index contributed by atoms with van der Waals surface area (Å²) in [6, 6.07) is 15.6. The Morgan fingerprint density at radius 3 is 2.56 bits per heavy atom. The van der Waals surface area contributed by atoms with E-state index in [-0.39, 0.29) is 5.78 Å². The molecule has 0 atom stereocenters. The van der Waals surface area contributed by atoms with Crippen LogP contribution in [0.3, 0.4) is 0 Å². The van der Waals surface area contributed by atoms with E-state index in [1.807, 2.05) is 17.5 Å². The smallest absolute Gasteiger partial charge is 0.159 e. The molecule has 3 aromatic rings. The predicted molar refractivity (Wildman–Crippen MR) is 111 cm³/mol. The van der Waals surface area contributed by atoms with Crippen molar-refractivity contribution in [2.45, 2.75) is 20.8 Å². The summed E-state index contributed by atoms with van der Waals surface area (Å²) < 4.78 is 0. The number of Topliss-reactive ketones (excluding diaryl/α,β-unsaturated/α-hetero) is 1. The molecule has 134 valence electrons. The quantitative estimate of drug-likeness (QED) is 0.466. The zero-order chi connectivity index (χ0) is 19.4. The van der Waals surface area contributed by atoms with E-state index in [1.54, 1.807) is 18.3 Å². The summed E-state index contributed by atoms with van der Waals surface area (Å²) in [4.78, 5) is 16.0. The highest BCUT2D eigenvalue weighted by Crippen LogP contribution is 2.28. The zero-order valence-electron chi connectivity index (χ0n) is 15.4. The van der Waals surface area contributed by atoms with Gasteiger partial charge in [0.05, 0.1) is 5.69 Å². The van der Waals surface area contributed by atoms with E-state index < -0.39 is 0 Å². The van der Waals surface area contributed by atoms with Crippen molar-refractivity contribution in [3.8, 4) is 17.3 Å². The number of ketones is 1. The molecule has 27 heavy (non-hydrogen) atoms. The fourth-order valence-electron chi connectivity index (χ4n) is 2.72. The Labute approximate surface area is 162 Å². The number of carbonyl (C=O) groups excluding carboxylic acids is 1. The van der Waals surface area contributed by atoms with Gasteiger partial charge in [-0.15, -0.1) is 11.3 Å². The van der Waals surface area contributed by atoms with Gasteiger partial charge in [0.1, 0.15) is 16.6 Å². The molecule has 0 fully saturated rings. The van der Waals surface area contributed by atoms with Gasteiger partial charge >= 0.3 is 0 Å². The Hall–Kier alpha value is -3.23. The highest BCUT2D eigenvalue weighted by molar-refractivity contribution is 7.11. The molecule has 0 radical (unpaired) electrons. The molecular formula is C22H19N3OS. The Kier molecular flexibility index (Phi) is 5.49. The van der Waals surface area contributed by atoms with Crippen LogP contribution in [0.4, 0.5) is 5.69 Å². The summed E-state index contributed by atoms with van der Waals surface area (Å²) in [5.74, 6) is 0.0246. The average molecular weight is 373 g/mol. The number of nitrogens with zero attached hydrogens (tertiary/aromatic N) is 2. The lowest BCUT2D eigenvalue weighted by Gasteiger charge is -2.04. The normalized spacial score (nSPS) is 11.1. The van der Waals surface area contributed by atoms with Crippen LogP contribution in [0.5, 0.6) is 0 Å². The molecule has 1 heterocycles. The van der Waals surface area contributed by atoms with E-state index in [0.717, 1.165) is 22.5 Å². The third-order valence-corrected chi connectivity index (χ3v) is 5.06. The summed E-state index contributed by atoms with van der Waals surface area (Å²) in [6.45, 7) is 5.66. The molecule has 0 unspecified atom stereocenters. The first kappa shape index (κ1) is 18.6. The van der Waals surface area contributed by atoms with Crippen LogP contribution in [0.2, 0.25) is 0 Å². The fraction of sp³-hybridized carbons (Fsp3) is 0.136. The van der Waals surface area contributed by atoms with Gasteiger partial charge in [-0.1, -0.05) is 23.8 Å². The second kappa shape index (κ2) is 7.98. The number of nitrogens with one attached hydrogen (secondary N) is 1. The van der Waals surface area contributed by atoms with Crippen molar-refractivity contribution >= 4 is 28.4 Å². The molecule has 2 aromatic carbocycles. The van der Waals surface area contributed by atoms with Crippen molar-refractivity contribution in [1.29, 1.82) is 5.26 Å². The number of thiazole rings is 1. The number of allylic oxidation sites excluding steroid dienone is 1. The number of aromatic nitrogens is 1. The number of rotatable bonds is 5. The van der Waals surface area contributed by atoms with Crippen LogP contribution in [0.25, 0.3) is 16.8 Å². The lowest BCUT2D eigenvalue weighted by atomic mass is 10.0. The highest BCUT2D eigenvalue weighted by Gasteiger charge is 2.10. The van der Waals surface area contributed by atoms with Gasteiger partial charge in [0.2, 0.25) is 0 Å². The van der Waals surface area contributed by atoms with Gasteiger partial charge in [0.25, 0.3) is 0 Å². The molecule has 0 spiro atoms. The SMILES string of the molecule is CC(=O)c1ccc(N/C=C(\C#N)c2nc(-c3ccc(C)cc3C)cs2)cc1. The molecule has 0 saturated carbocycles. The van der Waals surface area contributed by atoms with E-state index in [4.69, 9.17) is 0 Å². The van der Waals surface area contributed by atoms with E-state index in [0.29, 0.717) is 16.1 Å². The maximum atomic E-state index is 11.3. The van der Waals surface area contributed by atoms with E-state index in [1.165, 1.54) is 23.8 Å². The second-order valence-corrected chi connectivity index (χ2v) is 7.16. The lowest BCUT2D eigenvalue weighted by Crippen LogP contribution is -1.94.